The SMILES string of the molecule is CCOC(OCC)c1ccc(C(=O)c2ccc(N(C)C)cc2)cc1. The summed E-state index contributed by atoms with van der Waals surface area (Å²) in [5.41, 5.74) is 3.32. The van der Waals surface area contributed by atoms with Gasteiger partial charge in [0.1, 0.15) is 0 Å². The molecule has 0 heterocycles. The molecule has 0 saturated carbocycles. The zero-order valence-corrected chi connectivity index (χ0v) is 14.8. The van der Waals surface area contributed by atoms with Crippen LogP contribution in [0.2, 0.25) is 0 Å². The van der Waals surface area contributed by atoms with E-state index in [0.717, 1.165) is 11.3 Å². The Bertz CT molecular complexity index is 642. The highest BCUT2D eigenvalue weighted by Gasteiger charge is 2.13. The lowest BCUT2D eigenvalue weighted by Gasteiger charge is -2.17. The van der Waals surface area contributed by atoms with E-state index in [4.69, 9.17) is 9.47 Å². The van der Waals surface area contributed by atoms with E-state index in [1.165, 1.54) is 0 Å². The van der Waals surface area contributed by atoms with Gasteiger partial charge in [0.25, 0.3) is 0 Å². The van der Waals surface area contributed by atoms with E-state index in [9.17, 15) is 4.79 Å². The average molecular weight is 327 g/mol. The summed E-state index contributed by atoms with van der Waals surface area (Å²) in [4.78, 5) is 14.6. The molecule has 4 heteroatoms. The molecular weight excluding hydrogens is 302 g/mol. The van der Waals surface area contributed by atoms with Gasteiger partial charge >= 0.3 is 0 Å². The van der Waals surface area contributed by atoms with Crippen LogP contribution in [0.3, 0.4) is 0 Å². The summed E-state index contributed by atoms with van der Waals surface area (Å²) in [5, 5.41) is 0. The molecule has 0 amide bonds. The standard InChI is InChI=1S/C20H25NO3/c1-5-23-20(24-6-2)17-9-7-15(8-10-17)19(22)16-11-13-18(14-12-16)21(3)4/h7-14,20H,5-6H2,1-4H3. The molecule has 0 bridgehead atoms. The minimum atomic E-state index is -0.386. The van der Waals surface area contributed by atoms with Crippen molar-refractivity contribution in [3.05, 3.63) is 65.2 Å². The van der Waals surface area contributed by atoms with Gasteiger partial charge in [-0.05, 0) is 38.1 Å². The summed E-state index contributed by atoms with van der Waals surface area (Å²) in [6, 6.07) is 15.0. The van der Waals surface area contributed by atoms with Gasteiger partial charge in [-0.3, -0.25) is 4.79 Å². The highest BCUT2D eigenvalue weighted by atomic mass is 16.7. The van der Waals surface area contributed by atoms with Crippen LogP contribution in [-0.4, -0.2) is 33.1 Å². The molecule has 0 N–H and O–H groups in total. The molecule has 0 aliphatic carbocycles. The Kier molecular flexibility index (Phi) is 6.53. The summed E-state index contributed by atoms with van der Waals surface area (Å²) in [7, 11) is 3.95. The number of nitrogens with zero attached hydrogens (tertiary/aromatic N) is 1. The van der Waals surface area contributed by atoms with E-state index in [1.54, 1.807) is 0 Å². The number of ether oxygens (including phenoxy) is 2. The van der Waals surface area contributed by atoms with Gasteiger partial charge in [0.2, 0.25) is 0 Å². The molecule has 0 aliphatic rings. The van der Waals surface area contributed by atoms with E-state index in [-0.39, 0.29) is 12.1 Å². The van der Waals surface area contributed by atoms with Gasteiger partial charge in [0.15, 0.2) is 12.1 Å². The molecule has 0 radical (unpaired) electrons. The van der Waals surface area contributed by atoms with E-state index < -0.39 is 0 Å². The summed E-state index contributed by atoms with van der Waals surface area (Å²) in [6.07, 6.45) is -0.386. The molecule has 2 aromatic rings. The topological polar surface area (TPSA) is 38.8 Å². The number of anilines is 1. The van der Waals surface area contributed by atoms with Crippen molar-refractivity contribution in [3.8, 4) is 0 Å². The van der Waals surface area contributed by atoms with Gasteiger partial charge in [-0.1, -0.05) is 24.3 Å². The van der Waals surface area contributed by atoms with Crippen molar-refractivity contribution in [1.82, 2.24) is 0 Å². The first kappa shape index (κ1) is 18.2. The van der Waals surface area contributed by atoms with Gasteiger partial charge in [0, 0.05) is 49.7 Å². The molecule has 0 fully saturated rings. The maximum absolute atomic E-state index is 12.6. The number of carbonyl (C=O) groups excluding carboxylic acids is 1. The smallest absolute Gasteiger partial charge is 0.193 e. The molecule has 0 aromatic heterocycles. The van der Waals surface area contributed by atoms with Crippen molar-refractivity contribution < 1.29 is 14.3 Å². The third-order valence-corrected chi connectivity index (χ3v) is 3.73. The second-order valence-electron chi connectivity index (χ2n) is 5.64. The Hall–Kier alpha value is -2.17. The van der Waals surface area contributed by atoms with Crippen LogP contribution in [-0.2, 0) is 9.47 Å². The summed E-state index contributed by atoms with van der Waals surface area (Å²) in [6.45, 7) is 5.01. The molecule has 0 aliphatic heterocycles. The number of benzene rings is 2. The molecule has 0 saturated heterocycles. The second-order valence-corrected chi connectivity index (χ2v) is 5.64. The Morgan fingerprint density at radius 2 is 1.33 bits per heavy atom. The van der Waals surface area contributed by atoms with Crippen LogP contribution in [0.4, 0.5) is 5.69 Å². The van der Waals surface area contributed by atoms with Gasteiger partial charge in [-0.25, -0.2) is 0 Å². The maximum atomic E-state index is 12.6. The Balaban J connectivity index is 2.15. The second kappa shape index (κ2) is 8.62. The number of rotatable bonds is 8. The molecular formula is C20H25NO3. The fourth-order valence-corrected chi connectivity index (χ4v) is 2.41. The summed E-state index contributed by atoms with van der Waals surface area (Å²) >= 11 is 0. The summed E-state index contributed by atoms with van der Waals surface area (Å²) in [5.74, 6) is 0.0104. The van der Waals surface area contributed by atoms with Crippen LogP contribution >= 0.6 is 0 Å². The minimum Gasteiger partial charge on any atom is -0.378 e. The molecule has 0 unspecified atom stereocenters. The summed E-state index contributed by atoms with van der Waals surface area (Å²) < 4.78 is 11.2. The first-order valence-electron chi connectivity index (χ1n) is 8.22. The number of carbonyl (C=O) groups is 1. The highest BCUT2D eigenvalue weighted by molar-refractivity contribution is 6.09. The van der Waals surface area contributed by atoms with Crippen LogP contribution < -0.4 is 4.90 Å². The molecule has 2 aromatic carbocycles. The van der Waals surface area contributed by atoms with E-state index >= 15 is 0 Å². The van der Waals surface area contributed by atoms with E-state index in [1.807, 2.05) is 81.4 Å². The third kappa shape index (κ3) is 4.43. The Morgan fingerprint density at radius 3 is 1.75 bits per heavy atom. The van der Waals surface area contributed by atoms with Crippen LogP contribution in [0, 0.1) is 0 Å². The Labute approximate surface area is 144 Å². The monoisotopic (exact) mass is 327 g/mol. The predicted molar refractivity (Wildman–Crippen MR) is 96.6 cm³/mol. The maximum Gasteiger partial charge on any atom is 0.193 e. The quantitative estimate of drug-likeness (QED) is 0.541. The number of ketones is 1. The third-order valence-electron chi connectivity index (χ3n) is 3.73. The van der Waals surface area contributed by atoms with Gasteiger partial charge < -0.3 is 14.4 Å². The normalized spacial score (nSPS) is 10.9. The van der Waals surface area contributed by atoms with Crippen molar-refractivity contribution in [2.24, 2.45) is 0 Å². The van der Waals surface area contributed by atoms with Crippen molar-refractivity contribution in [3.63, 3.8) is 0 Å². The molecule has 2 rings (SSSR count). The molecule has 24 heavy (non-hydrogen) atoms. The van der Waals surface area contributed by atoms with Crippen molar-refractivity contribution >= 4 is 11.5 Å². The Morgan fingerprint density at radius 1 is 0.875 bits per heavy atom. The molecule has 128 valence electrons. The van der Waals surface area contributed by atoms with E-state index in [2.05, 4.69) is 0 Å². The number of hydrogen-bond acceptors (Lipinski definition) is 4. The number of hydrogen-bond donors (Lipinski definition) is 0. The van der Waals surface area contributed by atoms with Crippen LogP contribution in [0.5, 0.6) is 0 Å². The minimum absolute atomic E-state index is 0.0104. The average Bonchev–Trinajstić information content (AvgIpc) is 2.61. The highest BCUT2D eigenvalue weighted by Crippen LogP contribution is 2.21. The lowest BCUT2D eigenvalue weighted by Crippen LogP contribution is -2.10. The van der Waals surface area contributed by atoms with Crippen LogP contribution in [0.25, 0.3) is 0 Å². The van der Waals surface area contributed by atoms with Gasteiger partial charge in [0.05, 0.1) is 0 Å². The lowest BCUT2D eigenvalue weighted by atomic mass is 10.0. The van der Waals surface area contributed by atoms with Crippen molar-refractivity contribution in [1.29, 1.82) is 0 Å². The van der Waals surface area contributed by atoms with Crippen molar-refractivity contribution in [2.45, 2.75) is 20.1 Å². The van der Waals surface area contributed by atoms with Crippen LogP contribution in [0.1, 0.15) is 41.6 Å². The van der Waals surface area contributed by atoms with E-state index in [0.29, 0.717) is 24.3 Å². The first-order chi connectivity index (χ1) is 11.6. The van der Waals surface area contributed by atoms with Gasteiger partial charge in [-0.2, -0.15) is 0 Å². The molecule has 0 spiro atoms. The zero-order valence-electron chi connectivity index (χ0n) is 14.8. The largest absolute Gasteiger partial charge is 0.378 e. The van der Waals surface area contributed by atoms with Crippen molar-refractivity contribution in [2.75, 3.05) is 32.2 Å². The molecule has 4 nitrogen and oxygen atoms in total. The predicted octanol–water partition coefficient (Wildman–Crippen LogP) is 4.06. The van der Waals surface area contributed by atoms with Crippen LogP contribution in [0.15, 0.2) is 48.5 Å². The van der Waals surface area contributed by atoms with Gasteiger partial charge in [-0.15, -0.1) is 0 Å². The first-order valence-corrected chi connectivity index (χ1v) is 8.22. The zero-order chi connectivity index (χ0) is 17.5. The fourth-order valence-electron chi connectivity index (χ4n) is 2.41. The fraction of sp³-hybridized carbons (Fsp3) is 0.350. The molecule has 0 atom stereocenters. The lowest BCUT2D eigenvalue weighted by molar-refractivity contribution is -0.140.